The summed E-state index contributed by atoms with van der Waals surface area (Å²) in [5, 5.41) is 13.9. The van der Waals surface area contributed by atoms with Crippen molar-refractivity contribution in [2.24, 2.45) is 4.99 Å². The van der Waals surface area contributed by atoms with Gasteiger partial charge < -0.3 is 5.11 Å². The van der Waals surface area contributed by atoms with Gasteiger partial charge in [0.1, 0.15) is 0 Å². The molecule has 1 aromatic rings. The molecule has 2 rings (SSSR count). The molecule has 1 radical (unpaired) electrons. The first kappa shape index (κ1) is 13.5. The van der Waals surface area contributed by atoms with E-state index in [0.717, 1.165) is 12.6 Å². The number of pyridine rings is 1. The Morgan fingerprint density at radius 3 is 2.95 bits per heavy atom. The lowest BCUT2D eigenvalue weighted by atomic mass is 10.1. The average molecular weight is 278 g/mol. The fourth-order valence-electron chi connectivity index (χ4n) is 1.58. The van der Waals surface area contributed by atoms with Gasteiger partial charge in [-0.15, -0.1) is 0 Å². The van der Waals surface area contributed by atoms with Gasteiger partial charge in [0.2, 0.25) is 0 Å². The first-order valence-corrected chi connectivity index (χ1v) is 6.64. The van der Waals surface area contributed by atoms with Crippen LogP contribution in [-0.2, 0) is 0 Å². The Morgan fingerprint density at radius 2 is 2.32 bits per heavy atom. The molecule has 6 nitrogen and oxygen atoms in total. The number of amides is 1. The monoisotopic (exact) mass is 278 g/mol. The number of carboxylic acids is 1. The minimum Gasteiger partial charge on any atom is -0.478 e. The van der Waals surface area contributed by atoms with Crippen LogP contribution in [0.5, 0.6) is 0 Å². The van der Waals surface area contributed by atoms with E-state index in [4.69, 9.17) is 5.11 Å². The summed E-state index contributed by atoms with van der Waals surface area (Å²) in [6.45, 7) is 2.69. The van der Waals surface area contributed by atoms with Gasteiger partial charge in [0.25, 0.3) is 5.91 Å². The van der Waals surface area contributed by atoms with Crippen LogP contribution in [0, 0.1) is 0 Å². The van der Waals surface area contributed by atoms with Crippen molar-refractivity contribution in [3.63, 3.8) is 0 Å². The summed E-state index contributed by atoms with van der Waals surface area (Å²) in [5.41, 5.74) is -0.113. The molecule has 0 saturated carbocycles. The van der Waals surface area contributed by atoms with E-state index in [1.54, 1.807) is 0 Å². The fraction of sp³-hybridized carbons (Fsp3) is 0.333. The summed E-state index contributed by atoms with van der Waals surface area (Å²) in [6, 6.07) is 1.35. The zero-order valence-electron chi connectivity index (χ0n) is 10.2. The molecule has 0 aromatic carbocycles. The van der Waals surface area contributed by atoms with E-state index in [-0.39, 0.29) is 11.1 Å². The van der Waals surface area contributed by atoms with Crippen LogP contribution in [0.4, 0.5) is 0 Å². The first-order chi connectivity index (χ1) is 9.11. The summed E-state index contributed by atoms with van der Waals surface area (Å²) in [6.07, 6.45) is 3.47. The molecule has 1 saturated heterocycles. The van der Waals surface area contributed by atoms with Crippen LogP contribution >= 0.6 is 11.8 Å². The Bertz CT molecular complexity index is 545. The van der Waals surface area contributed by atoms with E-state index in [1.165, 1.54) is 24.0 Å². The summed E-state index contributed by atoms with van der Waals surface area (Å²) < 4.78 is 0. The standard InChI is InChI=1S/C12H12N3O3S/c1-2-7-5-14-12(19-7)15-10(16)8-3-4-13-6-9(8)11(17)18/h3-4,6-7H,2,5H2,1H3,(H,17,18). The van der Waals surface area contributed by atoms with Gasteiger partial charge in [-0.25, -0.2) is 4.79 Å². The number of thioether (sulfide) groups is 1. The van der Waals surface area contributed by atoms with Crippen molar-refractivity contribution >= 4 is 28.8 Å². The van der Waals surface area contributed by atoms with Crippen LogP contribution in [0.25, 0.3) is 0 Å². The summed E-state index contributed by atoms with van der Waals surface area (Å²) in [7, 11) is 0. The average Bonchev–Trinajstić information content (AvgIpc) is 2.86. The number of aromatic carboxylic acids is 1. The number of carbonyl (C=O) groups excluding carboxylic acids is 1. The molecule has 1 fully saturated rings. The van der Waals surface area contributed by atoms with E-state index in [0.29, 0.717) is 17.0 Å². The van der Waals surface area contributed by atoms with E-state index in [1.807, 2.05) is 6.92 Å². The normalized spacial score (nSPS) is 20.3. The predicted molar refractivity (Wildman–Crippen MR) is 71.6 cm³/mol. The predicted octanol–water partition coefficient (Wildman–Crippen LogP) is 1.41. The smallest absolute Gasteiger partial charge is 0.338 e. The summed E-state index contributed by atoms with van der Waals surface area (Å²) >= 11 is 1.45. The molecule has 7 heteroatoms. The molecule has 1 aromatic heterocycles. The maximum atomic E-state index is 12.0. The topological polar surface area (TPSA) is 93.7 Å². The molecule has 1 N–H and O–H groups in total. The Labute approximate surface area is 114 Å². The first-order valence-electron chi connectivity index (χ1n) is 5.76. The van der Waals surface area contributed by atoms with Gasteiger partial charge in [-0.1, -0.05) is 18.7 Å². The number of amidine groups is 1. The quantitative estimate of drug-likeness (QED) is 0.902. The molecule has 19 heavy (non-hydrogen) atoms. The number of hydrogen-bond donors (Lipinski definition) is 1. The lowest BCUT2D eigenvalue weighted by Gasteiger charge is -2.01. The minimum atomic E-state index is -1.20. The number of aromatic nitrogens is 1. The molecule has 0 aliphatic carbocycles. The molecule has 1 aliphatic heterocycles. The van der Waals surface area contributed by atoms with Crippen molar-refractivity contribution in [1.82, 2.24) is 10.3 Å². The van der Waals surface area contributed by atoms with Crippen molar-refractivity contribution in [3.05, 3.63) is 29.6 Å². The van der Waals surface area contributed by atoms with Crippen molar-refractivity contribution in [2.45, 2.75) is 18.6 Å². The number of aliphatic imine (C=N–C) groups is 1. The fourth-order valence-corrected chi connectivity index (χ4v) is 2.47. The van der Waals surface area contributed by atoms with Gasteiger partial charge in [-0.3, -0.25) is 15.1 Å². The van der Waals surface area contributed by atoms with Crippen LogP contribution in [-0.4, -0.2) is 38.9 Å². The molecule has 1 amide bonds. The zero-order valence-corrected chi connectivity index (χ0v) is 11.1. The number of hydrogen-bond acceptors (Lipinski definition) is 4. The van der Waals surface area contributed by atoms with Gasteiger partial charge >= 0.3 is 5.97 Å². The third kappa shape index (κ3) is 3.11. The summed E-state index contributed by atoms with van der Waals surface area (Å²) in [5.74, 6) is -1.79. The zero-order chi connectivity index (χ0) is 13.8. The van der Waals surface area contributed by atoms with Gasteiger partial charge in [0, 0.05) is 17.6 Å². The second kappa shape index (κ2) is 5.83. The van der Waals surface area contributed by atoms with Crippen LogP contribution < -0.4 is 5.32 Å². The Kier molecular flexibility index (Phi) is 4.16. The SMILES string of the molecule is CCC1C[N]C(=NC(=O)c2ccncc2C(=O)O)S1. The molecule has 1 unspecified atom stereocenters. The summed E-state index contributed by atoms with van der Waals surface area (Å²) in [4.78, 5) is 30.5. The van der Waals surface area contributed by atoms with Crippen LogP contribution in [0.3, 0.4) is 0 Å². The van der Waals surface area contributed by atoms with Gasteiger partial charge in [0.05, 0.1) is 17.7 Å². The third-order valence-corrected chi connectivity index (χ3v) is 3.88. The number of nitrogens with zero attached hydrogens (tertiary/aromatic N) is 3. The second-order valence-corrected chi connectivity index (χ2v) is 5.18. The van der Waals surface area contributed by atoms with Crippen LogP contribution in [0.1, 0.15) is 34.1 Å². The highest BCUT2D eigenvalue weighted by atomic mass is 32.2. The Hall–Kier alpha value is -1.89. The highest BCUT2D eigenvalue weighted by Gasteiger charge is 2.23. The van der Waals surface area contributed by atoms with Gasteiger partial charge in [-0.05, 0) is 12.5 Å². The molecule has 2 heterocycles. The molecular formula is C12H12N3O3S. The van der Waals surface area contributed by atoms with Crippen molar-refractivity contribution in [2.75, 3.05) is 6.54 Å². The lowest BCUT2D eigenvalue weighted by molar-refractivity contribution is 0.0691. The van der Waals surface area contributed by atoms with Crippen molar-refractivity contribution in [1.29, 1.82) is 0 Å². The molecule has 0 bridgehead atoms. The van der Waals surface area contributed by atoms with Gasteiger partial charge in [0.15, 0.2) is 5.17 Å². The number of carboxylic acid groups (broad SMARTS) is 1. The Morgan fingerprint density at radius 1 is 1.53 bits per heavy atom. The minimum absolute atomic E-state index is 0.0331. The molecular weight excluding hydrogens is 266 g/mol. The number of carbonyl (C=O) groups is 2. The molecule has 99 valence electrons. The van der Waals surface area contributed by atoms with E-state index in [2.05, 4.69) is 15.3 Å². The number of rotatable bonds is 3. The largest absolute Gasteiger partial charge is 0.478 e. The second-order valence-electron chi connectivity index (χ2n) is 3.91. The van der Waals surface area contributed by atoms with E-state index in [9.17, 15) is 9.59 Å². The van der Waals surface area contributed by atoms with Crippen LogP contribution in [0.2, 0.25) is 0 Å². The molecule has 0 spiro atoms. The maximum Gasteiger partial charge on any atom is 0.338 e. The highest BCUT2D eigenvalue weighted by Crippen LogP contribution is 2.22. The van der Waals surface area contributed by atoms with Crippen molar-refractivity contribution in [3.8, 4) is 0 Å². The van der Waals surface area contributed by atoms with E-state index >= 15 is 0 Å². The van der Waals surface area contributed by atoms with Crippen molar-refractivity contribution < 1.29 is 14.7 Å². The lowest BCUT2D eigenvalue weighted by Crippen LogP contribution is -2.11. The van der Waals surface area contributed by atoms with Crippen LogP contribution in [0.15, 0.2) is 23.5 Å². The third-order valence-electron chi connectivity index (χ3n) is 2.64. The van der Waals surface area contributed by atoms with Gasteiger partial charge in [-0.2, -0.15) is 4.99 Å². The Balaban J connectivity index is 2.21. The maximum absolute atomic E-state index is 12.0. The highest BCUT2D eigenvalue weighted by molar-refractivity contribution is 8.14. The molecule has 1 atom stereocenters. The molecule has 1 aliphatic rings. The van der Waals surface area contributed by atoms with E-state index < -0.39 is 11.9 Å².